The molecule has 1 heterocycles. The van der Waals surface area contributed by atoms with Crippen molar-refractivity contribution in [2.24, 2.45) is 0 Å². The van der Waals surface area contributed by atoms with E-state index in [2.05, 4.69) is 44.3 Å². The highest BCUT2D eigenvalue weighted by Crippen LogP contribution is 2.31. The summed E-state index contributed by atoms with van der Waals surface area (Å²) in [6.07, 6.45) is 3.66. The van der Waals surface area contributed by atoms with Gasteiger partial charge in [-0.2, -0.15) is 26.7 Å². The Morgan fingerprint density at radius 3 is 2.57 bits per heavy atom. The minimum absolute atomic E-state index is 0.473. The first-order valence-corrected chi connectivity index (χ1v) is 8.72. The highest BCUT2D eigenvalue weighted by atomic mass is 32.2. The van der Waals surface area contributed by atoms with Gasteiger partial charge in [-0.3, -0.25) is 0 Å². The third-order valence-electron chi connectivity index (χ3n) is 3.48. The van der Waals surface area contributed by atoms with E-state index in [0.29, 0.717) is 23.9 Å². The van der Waals surface area contributed by atoms with Crippen molar-refractivity contribution in [3.63, 3.8) is 0 Å². The van der Waals surface area contributed by atoms with Crippen molar-refractivity contribution >= 4 is 29.6 Å². The molecule has 21 heavy (non-hydrogen) atoms. The summed E-state index contributed by atoms with van der Waals surface area (Å²) in [6.45, 7) is 5.06. The van der Waals surface area contributed by atoms with Crippen LogP contribution in [0, 0.1) is 0 Å². The van der Waals surface area contributed by atoms with Gasteiger partial charge in [0.15, 0.2) is 0 Å². The Kier molecular flexibility index (Phi) is 5.90. The highest BCUT2D eigenvalue weighted by molar-refractivity contribution is 7.99. The topological polar surface area (TPSA) is 66.0 Å². The molecule has 0 saturated heterocycles. The number of nitrogens with one attached hydrogen (secondary N) is 2. The molecule has 2 unspecified atom stereocenters. The van der Waals surface area contributed by atoms with Crippen molar-refractivity contribution in [1.29, 1.82) is 0 Å². The maximum absolute atomic E-state index is 4.50. The average molecular weight is 310 g/mol. The molecule has 2 N–H and O–H groups in total. The van der Waals surface area contributed by atoms with E-state index in [9.17, 15) is 0 Å². The van der Waals surface area contributed by atoms with Crippen LogP contribution in [-0.4, -0.2) is 52.6 Å². The lowest BCUT2D eigenvalue weighted by Gasteiger charge is -2.16. The summed E-state index contributed by atoms with van der Waals surface area (Å²) < 4.78 is 0. The van der Waals surface area contributed by atoms with Crippen molar-refractivity contribution in [3.05, 3.63) is 0 Å². The smallest absolute Gasteiger partial charge is 0.231 e. The lowest BCUT2D eigenvalue weighted by atomic mass is 10.2. The number of hydrogen-bond donors (Lipinski definition) is 2. The molecule has 118 valence electrons. The van der Waals surface area contributed by atoms with Crippen molar-refractivity contribution < 1.29 is 0 Å². The first-order valence-electron chi connectivity index (χ1n) is 7.67. The van der Waals surface area contributed by atoms with Crippen LogP contribution in [0.4, 0.5) is 17.8 Å². The molecule has 2 atom stereocenters. The van der Waals surface area contributed by atoms with Crippen molar-refractivity contribution in [2.45, 2.75) is 44.4 Å². The van der Waals surface area contributed by atoms with Gasteiger partial charge in [-0.05, 0) is 31.9 Å². The lowest BCUT2D eigenvalue weighted by Crippen LogP contribution is -2.21. The Hall–Kier alpha value is -1.24. The molecular weight excluding hydrogens is 284 g/mol. The van der Waals surface area contributed by atoms with Gasteiger partial charge in [0.1, 0.15) is 0 Å². The molecule has 0 aromatic carbocycles. The molecular formula is C14H26N6S. The zero-order valence-electron chi connectivity index (χ0n) is 13.4. The molecule has 1 fully saturated rings. The van der Waals surface area contributed by atoms with Crippen LogP contribution in [0.5, 0.6) is 0 Å². The van der Waals surface area contributed by atoms with Crippen LogP contribution in [0.3, 0.4) is 0 Å². The second kappa shape index (κ2) is 7.68. The van der Waals surface area contributed by atoms with Crippen LogP contribution in [0.2, 0.25) is 0 Å². The number of nitrogens with zero attached hydrogens (tertiary/aromatic N) is 4. The summed E-state index contributed by atoms with van der Waals surface area (Å²) in [5, 5.41) is 7.42. The lowest BCUT2D eigenvalue weighted by molar-refractivity contribution is 0.742. The molecule has 1 saturated carbocycles. The van der Waals surface area contributed by atoms with E-state index in [-0.39, 0.29) is 0 Å². The molecule has 0 amide bonds. The van der Waals surface area contributed by atoms with Gasteiger partial charge in [0.05, 0.1) is 0 Å². The van der Waals surface area contributed by atoms with Gasteiger partial charge in [-0.15, -0.1) is 0 Å². The maximum Gasteiger partial charge on any atom is 0.231 e. The Morgan fingerprint density at radius 2 is 1.90 bits per heavy atom. The Labute approximate surface area is 131 Å². The molecule has 1 aliphatic rings. The second-order valence-electron chi connectivity index (χ2n) is 5.44. The van der Waals surface area contributed by atoms with E-state index < -0.39 is 0 Å². The third-order valence-corrected chi connectivity index (χ3v) is 4.71. The molecule has 1 aromatic rings. The predicted octanol–water partition coefficient (Wildman–Crippen LogP) is 2.46. The molecule has 0 spiro atoms. The molecule has 1 aliphatic carbocycles. The number of thioether (sulfide) groups is 1. The van der Waals surface area contributed by atoms with Crippen LogP contribution < -0.4 is 15.5 Å². The van der Waals surface area contributed by atoms with Gasteiger partial charge in [0.25, 0.3) is 0 Å². The van der Waals surface area contributed by atoms with E-state index >= 15 is 0 Å². The van der Waals surface area contributed by atoms with Crippen LogP contribution in [0.15, 0.2) is 0 Å². The molecule has 6 nitrogen and oxygen atoms in total. The first kappa shape index (κ1) is 16.1. The molecule has 0 bridgehead atoms. The summed E-state index contributed by atoms with van der Waals surface area (Å²) in [5.74, 6) is 3.19. The highest BCUT2D eigenvalue weighted by Gasteiger charge is 2.25. The van der Waals surface area contributed by atoms with Crippen LogP contribution >= 0.6 is 11.8 Å². The fraction of sp³-hybridized carbons (Fsp3) is 0.786. The number of anilines is 3. The molecule has 7 heteroatoms. The summed E-state index contributed by atoms with van der Waals surface area (Å²) in [6, 6.07) is 0.473. The Balaban J connectivity index is 2.05. The van der Waals surface area contributed by atoms with E-state index in [0.717, 1.165) is 11.8 Å². The van der Waals surface area contributed by atoms with Gasteiger partial charge >= 0.3 is 0 Å². The van der Waals surface area contributed by atoms with Crippen LogP contribution in [0.25, 0.3) is 0 Å². The fourth-order valence-electron chi connectivity index (χ4n) is 2.51. The van der Waals surface area contributed by atoms with Crippen LogP contribution in [-0.2, 0) is 0 Å². The summed E-state index contributed by atoms with van der Waals surface area (Å²) in [5.41, 5.74) is 0. The fourth-order valence-corrected chi connectivity index (χ4v) is 3.65. The van der Waals surface area contributed by atoms with Crippen LogP contribution in [0.1, 0.15) is 33.1 Å². The second-order valence-corrected chi connectivity index (χ2v) is 7.02. The normalized spacial score (nSPS) is 21.3. The molecule has 0 aliphatic heterocycles. The van der Waals surface area contributed by atoms with E-state index in [1.807, 2.05) is 25.9 Å². The minimum atomic E-state index is 0.473. The van der Waals surface area contributed by atoms with Crippen molar-refractivity contribution in [2.75, 3.05) is 41.9 Å². The third kappa shape index (κ3) is 4.62. The quantitative estimate of drug-likeness (QED) is 0.802. The largest absolute Gasteiger partial charge is 0.354 e. The van der Waals surface area contributed by atoms with E-state index in [1.165, 1.54) is 25.0 Å². The number of hydrogen-bond acceptors (Lipinski definition) is 7. The predicted molar refractivity (Wildman–Crippen MR) is 91.5 cm³/mol. The van der Waals surface area contributed by atoms with Crippen molar-refractivity contribution in [3.8, 4) is 0 Å². The van der Waals surface area contributed by atoms with Gasteiger partial charge in [-0.1, -0.05) is 6.92 Å². The average Bonchev–Trinajstić information content (AvgIpc) is 2.86. The zero-order valence-corrected chi connectivity index (χ0v) is 14.2. The summed E-state index contributed by atoms with van der Waals surface area (Å²) >= 11 is 2.06. The van der Waals surface area contributed by atoms with Gasteiger partial charge in [0.2, 0.25) is 17.8 Å². The van der Waals surface area contributed by atoms with E-state index in [1.54, 1.807) is 0 Å². The minimum Gasteiger partial charge on any atom is -0.354 e. The van der Waals surface area contributed by atoms with Gasteiger partial charge < -0.3 is 15.5 Å². The zero-order chi connectivity index (χ0) is 15.2. The molecule has 2 rings (SSSR count). The number of rotatable bonds is 7. The first-order chi connectivity index (χ1) is 10.1. The Morgan fingerprint density at radius 1 is 1.14 bits per heavy atom. The van der Waals surface area contributed by atoms with Crippen molar-refractivity contribution in [1.82, 2.24) is 15.0 Å². The standard InChI is InChI=1S/C14H26N6S/c1-5-15-12-17-13(19-14(18-12)20(3)4)16-10-7-8-11(9-10)21-6-2/h10-11H,5-9H2,1-4H3,(H2,15,16,17,18,19). The van der Waals surface area contributed by atoms with Gasteiger partial charge in [0, 0.05) is 31.9 Å². The van der Waals surface area contributed by atoms with E-state index in [4.69, 9.17) is 0 Å². The Bertz CT molecular complexity index is 453. The maximum atomic E-state index is 4.50. The summed E-state index contributed by atoms with van der Waals surface area (Å²) in [4.78, 5) is 15.2. The number of aromatic nitrogens is 3. The SMILES string of the molecule is CCNc1nc(NC2CCC(SCC)C2)nc(N(C)C)n1. The van der Waals surface area contributed by atoms with Gasteiger partial charge in [-0.25, -0.2) is 0 Å². The summed E-state index contributed by atoms with van der Waals surface area (Å²) in [7, 11) is 3.89. The monoisotopic (exact) mass is 310 g/mol. The molecule has 1 aromatic heterocycles. The molecule has 0 radical (unpaired) electrons.